The Labute approximate surface area is 174 Å². The quantitative estimate of drug-likeness (QED) is 0.543. The standard InChI is InChI=1S/C22H25ClF2N4/c1-14(2)21(16-5-7-17(23)8-6-16)18-12-19-26-15(3)11-20(29(19)27-18)28-10-4-9-22(24,25)13-28/h5-8,11-12,14,21H,4,9-10,13H2,1-3H3. The fourth-order valence-corrected chi connectivity index (χ4v) is 4.33. The van der Waals surface area contributed by atoms with Gasteiger partial charge < -0.3 is 4.90 Å². The van der Waals surface area contributed by atoms with Crippen molar-refractivity contribution in [3.05, 3.63) is 58.4 Å². The van der Waals surface area contributed by atoms with Crippen molar-refractivity contribution in [1.29, 1.82) is 0 Å². The molecular weight excluding hydrogens is 394 g/mol. The van der Waals surface area contributed by atoms with E-state index in [1.165, 1.54) is 0 Å². The van der Waals surface area contributed by atoms with E-state index in [1.807, 2.05) is 43.3 Å². The Morgan fingerprint density at radius 2 is 1.86 bits per heavy atom. The molecule has 1 atom stereocenters. The molecule has 1 saturated heterocycles. The van der Waals surface area contributed by atoms with E-state index < -0.39 is 5.92 Å². The zero-order valence-electron chi connectivity index (χ0n) is 16.9. The lowest BCUT2D eigenvalue weighted by atomic mass is 9.86. The summed E-state index contributed by atoms with van der Waals surface area (Å²) in [4.78, 5) is 6.33. The highest BCUT2D eigenvalue weighted by atomic mass is 35.5. The minimum atomic E-state index is -2.68. The molecule has 4 rings (SSSR count). The first-order chi connectivity index (χ1) is 13.7. The summed E-state index contributed by atoms with van der Waals surface area (Å²) in [6, 6.07) is 11.6. The number of fused-ring (bicyclic) bond motifs is 1. The van der Waals surface area contributed by atoms with Crippen molar-refractivity contribution in [1.82, 2.24) is 14.6 Å². The highest BCUT2D eigenvalue weighted by molar-refractivity contribution is 6.30. The number of halogens is 3. The van der Waals surface area contributed by atoms with Gasteiger partial charge in [-0.25, -0.2) is 13.8 Å². The molecule has 7 heteroatoms. The van der Waals surface area contributed by atoms with Crippen molar-refractivity contribution in [2.45, 2.75) is 45.5 Å². The Kier molecular flexibility index (Phi) is 5.23. The van der Waals surface area contributed by atoms with E-state index in [0.717, 1.165) is 17.0 Å². The fourth-order valence-electron chi connectivity index (χ4n) is 4.20. The first-order valence-corrected chi connectivity index (χ1v) is 10.4. The highest BCUT2D eigenvalue weighted by Gasteiger charge is 2.36. The molecule has 0 aliphatic carbocycles. The van der Waals surface area contributed by atoms with Crippen LogP contribution in [0.25, 0.3) is 5.65 Å². The molecule has 1 fully saturated rings. The van der Waals surface area contributed by atoms with Crippen LogP contribution in [0.4, 0.5) is 14.6 Å². The largest absolute Gasteiger partial charge is 0.350 e. The fraction of sp³-hybridized carbons (Fsp3) is 0.455. The Bertz CT molecular complexity index is 1010. The lowest BCUT2D eigenvalue weighted by Crippen LogP contribution is -2.43. The molecule has 0 radical (unpaired) electrons. The monoisotopic (exact) mass is 418 g/mol. The summed E-state index contributed by atoms with van der Waals surface area (Å²) in [6.07, 6.45) is 0.399. The number of aryl methyl sites for hydroxylation is 1. The van der Waals surface area contributed by atoms with Crippen LogP contribution in [0.1, 0.15) is 49.6 Å². The van der Waals surface area contributed by atoms with Crippen LogP contribution in [-0.2, 0) is 0 Å². The Balaban J connectivity index is 1.80. The first-order valence-electron chi connectivity index (χ1n) is 9.99. The van der Waals surface area contributed by atoms with E-state index >= 15 is 0 Å². The van der Waals surface area contributed by atoms with Gasteiger partial charge >= 0.3 is 0 Å². The number of hydrogen-bond acceptors (Lipinski definition) is 3. The number of aromatic nitrogens is 3. The smallest absolute Gasteiger partial charge is 0.265 e. The third-order valence-electron chi connectivity index (χ3n) is 5.49. The van der Waals surface area contributed by atoms with Gasteiger partial charge in [-0.15, -0.1) is 0 Å². The van der Waals surface area contributed by atoms with Crippen molar-refractivity contribution in [2.24, 2.45) is 5.92 Å². The maximum Gasteiger partial charge on any atom is 0.265 e. The predicted octanol–water partition coefficient (Wildman–Crippen LogP) is 5.71. The summed E-state index contributed by atoms with van der Waals surface area (Å²) in [5, 5.41) is 5.52. The molecule has 1 unspecified atom stereocenters. The zero-order valence-corrected chi connectivity index (χ0v) is 17.6. The second-order valence-corrected chi connectivity index (χ2v) is 8.69. The second-order valence-electron chi connectivity index (χ2n) is 8.25. The van der Waals surface area contributed by atoms with E-state index in [4.69, 9.17) is 16.7 Å². The van der Waals surface area contributed by atoms with Gasteiger partial charge in [-0.2, -0.15) is 9.61 Å². The maximum atomic E-state index is 14.0. The van der Waals surface area contributed by atoms with E-state index in [-0.39, 0.29) is 18.9 Å². The number of nitrogens with zero attached hydrogens (tertiary/aromatic N) is 4. The summed E-state index contributed by atoms with van der Waals surface area (Å²) in [6.45, 7) is 6.49. The molecule has 1 aliphatic rings. The molecular formula is C22H25ClF2N4. The number of rotatable bonds is 4. The second kappa shape index (κ2) is 7.56. The van der Waals surface area contributed by atoms with Crippen LogP contribution < -0.4 is 4.90 Å². The molecule has 1 aliphatic heterocycles. The minimum Gasteiger partial charge on any atom is -0.350 e. The van der Waals surface area contributed by atoms with Gasteiger partial charge in [-0.05, 0) is 37.0 Å². The normalized spacial score (nSPS) is 17.8. The topological polar surface area (TPSA) is 33.4 Å². The van der Waals surface area contributed by atoms with Gasteiger partial charge in [0.05, 0.1) is 12.2 Å². The van der Waals surface area contributed by atoms with Gasteiger partial charge in [-0.3, -0.25) is 0 Å². The molecule has 0 amide bonds. The molecule has 3 aromatic rings. The van der Waals surface area contributed by atoms with Crippen molar-refractivity contribution in [2.75, 3.05) is 18.0 Å². The zero-order chi connectivity index (χ0) is 20.8. The van der Waals surface area contributed by atoms with E-state index in [9.17, 15) is 8.78 Å². The number of anilines is 1. The minimum absolute atomic E-state index is 0.0601. The van der Waals surface area contributed by atoms with Gasteiger partial charge in [-0.1, -0.05) is 37.6 Å². The Morgan fingerprint density at radius 1 is 1.14 bits per heavy atom. The highest BCUT2D eigenvalue weighted by Crippen LogP contribution is 2.34. The molecule has 0 spiro atoms. The number of alkyl halides is 2. The SMILES string of the molecule is Cc1cc(N2CCCC(F)(F)C2)n2nc(C(c3ccc(Cl)cc3)C(C)C)cc2n1. The average Bonchev–Trinajstić information content (AvgIpc) is 3.04. The lowest BCUT2D eigenvalue weighted by molar-refractivity contribution is -0.0119. The Morgan fingerprint density at radius 3 is 2.52 bits per heavy atom. The molecule has 0 N–H and O–H groups in total. The number of hydrogen-bond donors (Lipinski definition) is 0. The molecule has 29 heavy (non-hydrogen) atoms. The van der Waals surface area contributed by atoms with Gasteiger partial charge in [0, 0.05) is 41.7 Å². The van der Waals surface area contributed by atoms with Crippen LogP contribution in [0.3, 0.4) is 0 Å². The maximum absolute atomic E-state index is 14.0. The van der Waals surface area contributed by atoms with E-state index in [1.54, 1.807) is 9.42 Å². The number of piperidine rings is 1. The molecule has 1 aromatic carbocycles. The van der Waals surface area contributed by atoms with E-state index in [0.29, 0.717) is 35.4 Å². The van der Waals surface area contributed by atoms with Crippen molar-refractivity contribution < 1.29 is 8.78 Å². The molecule has 2 aromatic heterocycles. The molecule has 3 heterocycles. The Hall–Kier alpha value is -2.21. The van der Waals surface area contributed by atoms with Gasteiger partial charge in [0.15, 0.2) is 5.65 Å². The molecule has 4 nitrogen and oxygen atoms in total. The molecule has 154 valence electrons. The van der Waals surface area contributed by atoms with Gasteiger partial charge in [0.2, 0.25) is 0 Å². The number of benzene rings is 1. The third kappa shape index (κ3) is 4.08. The summed E-state index contributed by atoms with van der Waals surface area (Å²) in [5.41, 5.74) is 3.48. The average molecular weight is 419 g/mol. The summed E-state index contributed by atoms with van der Waals surface area (Å²) >= 11 is 6.06. The third-order valence-corrected chi connectivity index (χ3v) is 5.74. The summed E-state index contributed by atoms with van der Waals surface area (Å²) in [5.74, 6) is -1.65. The van der Waals surface area contributed by atoms with Crippen LogP contribution >= 0.6 is 11.6 Å². The van der Waals surface area contributed by atoms with Crippen LogP contribution in [0.2, 0.25) is 5.02 Å². The van der Waals surface area contributed by atoms with Crippen molar-refractivity contribution in [3.63, 3.8) is 0 Å². The van der Waals surface area contributed by atoms with Gasteiger partial charge in [0.1, 0.15) is 5.82 Å². The molecule has 0 saturated carbocycles. The van der Waals surface area contributed by atoms with Crippen LogP contribution in [-0.4, -0.2) is 33.6 Å². The van der Waals surface area contributed by atoms with Gasteiger partial charge in [0.25, 0.3) is 5.92 Å². The van der Waals surface area contributed by atoms with Crippen molar-refractivity contribution in [3.8, 4) is 0 Å². The lowest BCUT2D eigenvalue weighted by Gasteiger charge is -2.34. The van der Waals surface area contributed by atoms with Crippen LogP contribution in [0.15, 0.2) is 36.4 Å². The summed E-state index contributed by atoms with van der Waals surface area (Å²) in [7, 11) is 0. The first kappa shape index (κ1) is 20.1. The molecule has 0 bridgehead atoms. The van der Waals surface area contributed by atoms with E-state index in [2.05, 4.69) is 18.8 Å². The van der Waals surface area contributed by atoms with Crippen LogP contribution in [0, 0.1) is 12.8 Å². The van der Waals surface area contributed by atoms with Crippen LogP contribution in [0.5, 0.6) is 0 Å². The predicted molar refractivity (Wildman–Crippen MR) is 112 cm³/mol. The van der Waals surface area contributed by atoms with Crippen molar-refractivity contribution >= 4 is 23.1 Å². The summed E-state index contributed by atoms with van der Waals surface area (Å²) < 4.78 is 29.8.